The van der Waals surface area contributed by atoms with Gasteiger partial charge in [-0.15, -0.1) is 0 Å². The van der Waals surface area contributed by atoms with Gasteiger partial charge in [-0.25, -0.2) is 0 Å². The van der Waals surface area contributed by atoms with E-state index in [1.165, 1.54) is 0 Å². The summed E-state index contributed by atoms with van der Waals surface area (Å²) in [5.41, 5.74) is 0.535. The highest BCUT2D eigenvalue weighted by Crippen LogP contribution is 2.27. The van der Waals surface area contributed by atoms with E-state index in [4.69, 9.17) is 28.6 Å². The zero-order valence-electron chi connectivity index (χ0n) is 13.5. The maximum atomic E-state index is 11.9. The summed E-state index contributed by atoms with van der Waals surface area (Å²) in [6, 6.07) is 8.37. The van der Waals surface area contributed by atoms with Crippen LogP contribution in [-0.2, 0) is 4.79 Å². The van der Waals surface area contributed by atoms with E-state index in [0.717, 1.165) is 23.8 Å². The molecule has 0 bridgehead atoms. The first-order chi connectivity index (χ1) is 12.3. The van der Waals surface area contributed by atoms with Crippen LogP contribution in [0.1, 0.15) is 5.56 Å². The third-order valence-electron chi connectivity index (χ3n) is 3.19. The second kappa shape index (κ2) is 8.45. The summed E-state index contributed by atoms with van der Waals surface area (Å²) < 4.78 is 5.38. The Kier molecular flexibility index (Phi) is 6.31. The van der Waals surface area contributed by atoms with Gasteiger partial charge in [0.05, 0.1) is 10.6 Å². The molecule has 1 amide bonds. The van der Waals surface area contributed by atoms with Crippen LogP contribution >= 0.6 is 23.8 Å². The van der Waals surface area contributed by atoms with Crippen molar-refractivity contribution in [1.82, 2.24) is 5.32 Å². The van der Waals surface area contributed by atoms with E-state index in [1.54, 1.807) is 25.1 Å². The molecule has 0 aliphatic heterocycles. The monoisotopic (exact) mass is 395 g/mol. The van der Waals surface area contributed by atoms with Crippen LogP contribution in [0.4, 0.5) is 11.4 Å². The van der Waals surface area contributed by atoms with E-state index in [2.05, 4.69) is 10.6 Å². The normalized spacial score (nSPS) is 10.1. The fraction of sp³-hybridized carbons (Fsp3) is 0.125. The molecule has 10 heteroatoms. The molecule has 0 fully saturated rings. The minimum atomic E-state index is -0.617. The zero-order valence-corrected chi connectivity index (χ0v) is 15.1. The lowest BCUT2D eigenvalue weighted by Gasteiger charge is -2.12. The number of halogens is 1. The topological polar surface area (TPSA) is 114 Å². The number of nitro groups is 1. The number of hydrogen-bond donors (Lipinski definition) is 3. The van der Waals surface area contributed by atoms with Gasteiger partial charge in [0.2, 0.25) is 0 Å². The SMILES string of the molecule is Cc1cc(Cl)ccc1OCC(=O)NC(=S)Nc1cc([N+](=O)[O-])ccc1O. The van der Waals surface area contributed by atoms with Crippen LogP contribution in [0.15, 0.2) is 36.4 Å². The number of carbonyl (C=O) groups is 1. The molecule has 2 aromatic rings. The molecule has 0 unspecified atom stereocenters. The molecular formula is C16H14ClN3O5S. The number of ether oxygens (including phenoxy) is 1. The Morgan fingerprint density at radius 3 is 2.73 bits per heavy atom. The average molecular weight is 396 g/mol. The van der Waals surface area contributed by atoms with Crippen molar-refractivity contribution in [3.63, 3.8) is 0 Å². The van der Waals surface area contributed by atoms with Gasteiger partial charge in [0.15, 0.2) is 11.7 Å². The Balaban J connectivity index is 1.92. The molecule has 2 rings (SSSR count). The van der Waals surface area contributed by atoms with E-state index in [9.17, 15) is 20.0 Å². The summed E-state index contributed by atoms with van der Waals surface area (Å²) >= 11 is 10.8. The highest BCUT2D eigenvalue weighted by molar-refractivity contribution is 7.80. The molecular weight excluding hydrogens is 382 g/mol. The summed E-state index contributed by atoms with van der Waals surface area (Å²) in [5.74, 6) is -0.290. The molecule has 0 aliphatic carbocycles. The lowest BCUT2D eigenvalue weighted by atomic mass is 10.2. The van der Waals surface area contributed by atoms with Crippen molar-refractivity contribution in [3.05, 3.63) is 57.1 Å². The summed E-state index contributed by atoms with van der Waals surface area (Å²) in [4.78, 5) is 22.0. The molecule has 2 aromatic carbocycles. The molecule has 0 spiro atoms. The Morgan fingerprint density at radius 1 is 1.35 bits per heavy atom. The number of phenolic OH excluding ortho intramolecular Hbond substituents is 1. The van der Waals surface area contributed by atoms with Crippen LogP contribution in [0, 0.1) is 17.0 Å². The van der Waals surface area contributed by atoms with E-state index in [0.29, 0.717) is 10.8 Å². The minimum Gasteiger partial charge on any atom is -0.506 e. The number of amides is 1. The van der Waals surface area contributed by atoms with Crippen molar-refractivity contribution in [3.8, 4) is 11.5 Å². The quantitative estimate of drug-likeness (QED) is 0.308. The molecule has 0 saturated heterocycles. The van der Waals surface area contributed by atoms with Gasteiger partial charge in [-0.1, -0.05) is 11.6 Å². The summed E-state index contributed by atoms with van der Waals surface area (Å²) in [5, 5.41) is 25.8. The number of aryl methyl sites for hydroxylation is 1. The van der Waals surface area contributed by atoms with Crippen molar-refractivity contribution in [1.29, 1.82) is 0 Å². The fourth-order valence-corrected chi connectivity index (χ4v) is 2.42. The van der Waals surface area contributed by atoms with Gasteiger partial charge >= 0.3 is 0 Å². The number of non-ortho nitro benzene ring substituents is 1. The van der Waals surface area contributed by atoms with E-state index in [-0.39, 0.29) is 28.8 Å². The second-order valence-electron chi connectivity index (χ2n) is 5.16. The zero-order chi connectivity index (χ0) is 19.3. The Hall–Kier alpha value is -2.91. The largest absolute Gasteiger partial charge is 0.506 e. The van der Waals surface area contributed by atoms with Gasteiger partial charge in [-0.3, -0.25) is 20.2 Å². The molecule has 136 valence electrons. The average Bonchev–Trinajstić information content (AvgIpc) is 2.55. The molecule has 8 nitrogen and oxygen atoms in total. The first kappa shape index (κ1) is 19.4. The van der Waals surface area contributed by atoms with Crippen LogP contribution in [0.25, 0.3) is 0 Å². The Morgan fingerprint density at radius 2 is 2.08 bits per heavy atom. The number of rotatable bonds is 5. The van der Waals surface area contributed by atoms with Crippen molar-refractivity contribution in [2.45, 2.75) is 6.92 Å². The van der Waals surface area contributed by atoms with E-state index in [1.807, 2.05) is 0 Å². The summed E-state index contributed by atoms with van der Waals surface area (Å²) in [6.07, 6.45) is 0. The number of nitro benzene ring substituents is 1. The first-order valence-corrected chi connectivity index (χ1v) is 8.02. The van der Waals surface area contributed by atoms with Gasteiger partial charge < -0.3 is 15.2 Å². The number of phenols is 1. The number of anilines is 1. The predicted octanol–water partition coefficient (Wildman–Crippen LogP) is 3.15. The maximum Gasteiger partial charge on any atom is 0.271 e. The number of benzene rings is 2. The van der Waals surface area contributed by atoms with Gasteiger partial charge in [0.25, 0.3) is 11.6 Å². The number of nitrogens with zero attached hydrogens (tertiary/aromatic N) is 1. The number of nitrogens with one attached hydrogen (secondary N) is 2. The third-order valence-corrected chi connectivity index (χ3v) is 3.63. The molecule has 0 radical (unpaired) electrons. The molecule has 0 saturated carbocycles. The summed E-state index contributed by atoms with van der Waals surface area (Å²) in [7, 11) is 0. The molecule has 0 aromatic heterocycles. The van der Waals surface area contributed by atoms with Crippen molar-refractivity contribution < 1.29 is 19.6 Å². The highest BCUT2D eigenvalue weighted by Gasteiger charge is 2.13. The smallest absolute Gasteiger partial charge is 0.271 e. The molecule has 0 heterocycles. The lowest BCUT2D eigenvalue weighted by molar-refractivity contribution is -0.384. The number of carbonyl (C=O) groups excluding carboxylic acids is 1. The van der Waals surface area contributed by atoms with Gasteiger partial charge in [-0.05, 0) is 49.0 Å². The standard InChI is InChI=1S/C16H14ClN3O5S/c1-9-6-10(17)2-5-14(9)25-8-15(22)19-16(26)18-12-7-11(20(23)24)3-4-13(12)21/h2-7,21H,8H2,1H3,(H2,18,19,22,26). The van der Waals surface area contributed by atoms with Gasteiger partial charge in [-0.2, -0.15) is 0 Å². The Labute approximate surface area is 158 Å². The molecule has 26 heavy (non-hydrogen) atoms. The van der Waals surface area contributed by atoms with Crippen molar-refractivity contribution >= 4 is 46.2 Å². The van der Waals surface area contributed by atoms with Crippen LogP contribution in [0.2, 0.25) is 5.02 Å². The van der Waals surface area contributed by atoms with Crippen LogP contribution in [0.5, 0.6) is 11.5 Å². The van der Waals surface area contributed by atoms with Crippen LogP contribution in [0.3, 0.4) is 0 Å². The maximum absolute atomic E-state index is 11.9. The fourth-order valence-electron chi connectivity index (χ4n) is 1.97. The Bertz CT molecular complexity index is 875. The molecule has 0 aliphatic rings. The second-order valence-corrected chi connectivity index (χ2v) is 6.00. The van der Waals surface area contributed by atoms with Crippen LogP contribution < -0.4 is 15.4 Å². The van der Waals surface area contributed by atoms with Crippen molar-refractivity contribution in [2.24, 2.45) is 0 Å². The third kappa shape index (κ3) is 5.30. The molecule has 0 atom stereocenters. The van der Waals surface area contributed by atoms with Crippen molar-refractivity contribution in [2.75, 3.05) is 11.9 Å². The lowest BCUT2D eigenvalue weighted by Crippen LogP contribution is -2.37. The van der Waals surface area contributed by atoms with Gasteiger partial charge in [0, 0.05) is 17.2 Å². The number of hydrogen-bond acceptors (Lipinski definition) is 6. The number of thiocarbonyl (C=S) groups is 1. The summed E-state index contributed by atoms with van der Waals surface area (Å²) in [6.45, 7) is 1.49. The van der Waals surface area contributed by atoms with E-state index < -0.39 is 10.8 Å². The van der Waals surface area contributed by atoms with Gasteiger partial charge in [0.1, 0.15) is 11.5 Å². The number of aromatic hydroxyl groups is 1. The van der Waals surface area contributed by atoms with Crippen LogP contribution in [-0.4, -0.2) is 27.7 Å². The minimum absolute atomic E-state index is 0.000959. The predicted molar refractivity (Wildman–Crippen MR) is 101 cm³/mol. The molecule has 3 N–H and O–H groups in total. The highest BCUT2D eigenvalue weighted by atomic mass is 35.5. The van der Waals surface area contributed by atoms with E-state index >= 15 is 0 Å². The first-order valence-electron chi connectivity index (χ1n) is 7.23.